The Kier molecular flexibility index (Phi) is 25.0. The minimum absolute atomic E-state index is 0.254. The second kappa shape index (κ2) is 24.0. The van der Waals surface area contributed by atoms with Crippen molar-refractivity contribution in [1.82, 2.24) is 0 Å². The lowest BCUT2D eigenvalue weighted by atomic mass is 10.0. The zero-order valence-corrected chi connectivity index (χ0v) is 19.8. The van der Waals surface area contributed by atoms with E-state index in [2.05, 4.69) is 24.8 Å². The van der Waals surface area contributed by atoms with Gasteiger partial charge < -0.3 is 4.74 Å². The molecular formula is C26H50O2. The van der Waals surface area contributed by atoms with Gasteiger partial charge in [-0.05, 0) is 26.7 Å². The minimum atomic E-state index is -0.254. The third-order valence-electron chi connectivity index (χ3n) is 4.81. The third kappa shape index (κ3) is 27.2. The number of carbonyl (C=O) groups is 1. The van der Waals surface area contributed by atoms with E-state index >= 15 is 0 Å². The minimum Gasteiger partial charge on any atom is -0.466 e. The van der Waals surface area contributed by atoms with Crippen molar-refractivity contribution in [1.29, 1.82) is 0 Å². The van der Waals surface area contributed by atoms with E-state index < -0.39 is 0 Å². The van der Waals surface area contributed by atoms with Crippen molar-refractivity contribution in [2.45, 2.75) is 130 Å². The fraction of sp³-hybridized carbons (Fsp3) is 0.808. The Labute approximate surface area is 177 Å². The van der Waals surface area contributed by atoms with Gasteiger partial charge in [-0.25, -0.2) is 4.79 Å². The monoisotopic (exact) mass is 394 g/mol. The number of hydrogen-bond acceptors (Lipinski definition) is 2. The second-order valence-electron chi connectivity index (χ2n) is 8.36. The Morgan fingerprint density at radius 1 is 0.643 bits per heavy atom. The largest absolute Gasteiger partial charge is 0.466 e. The molecule has 2 nitrogen and oxygen atoms in total. The molecule has 0 unspecified atom stereocenters. The second-order valence-corrected chi connectivity index (χ2v) is 8.36. The highest BCUT2D eigenvalue weighted by molar-refractivity contribution is 5.87. The van der Waals surface area contributed by atoms with Crippen LogP contribution in [0.1, 0.15) is 130 Å². The van der Waals surface area contributed by atoms with Crippen molar-refractivity contribution in [3.05, 3.63) is 24.3 Å². The molecule has 0 rings (SSSR count). The molecule has 0 radical (unpaired) electrons. The van der Waals surface area contributed by atoms with E-state index in [1.54, 1.807) is 0 Å². The van der Waals surface area contributed by atoms with Crippen LogP contribution in [0.5, 0.6) is 0 Å². The lowest BCUT2D eigenvalue weighted by Crippen LogP contribution is -2.03. The molecule has 0 amide bonds. The summed E-state index contributed by atoms with van der Waals surface area (Å²) in [6.07, 6.45) is 22.7. The van der Waals surface area contributed by atoms with Crippen LogP contribution in [-0.2, 0) is 9.53 Å². The molecule has 0 saturated heterocycles. The fourth-order valence-corrected chi connectivity index (χ4v) is 3.13. The topological polar surface area (TPSA) is 26.3 Å². The maximum Gasteiger partial charge on any atom is 0.333 e. The quantitative estimate of drug-likeness (QED) is 0.100. The summed E-state index contributed by atoms with van der Waals surface area (Å²) in [5.41, 5.74) is 1.78. The summed E-state index contributed by atoms with van der Waals surface area (Å²) in [5.74, 6) is -0.254. The molecule has 0 heterocycles. The lowest BCUT2D eigenvalue weighted by Gasteiger charge is -2.04. The first-order valence-electron chi connectivity index (χ1n) is 11.8. The molecule has 0 N–H and O–H groups in total. The predicted molar refractivity (Wildman–Crippen MR) is 126 cm³/mol. The Hall–Kier alpha value is -1.05. The summed E-state index contributed by atoms with van der Waals surface area (Å²) < 4.78 is 4.65. The highest BCUT2D eigenvalue weighted by atomic mass is 16.5. The molecule has 0 aromatic heterocycles. The smallest absolute Gasteiger partial charge is 0.333 e. The van der Waals surface area contributed by atoms with Gasteiger partial charge in [-0.15, -0.1) is 6.58 Å². The Bertz CT molecular complexity index is 367. The summed E-state index contributed by atoms with van der Waals surface area (Å²) >= 11 is 0. The van der Waals surface area contributed by atoms with Gasteiger partial charge >= 0.3 is 5.97 Å². The van der Waals surface area contributed by atoms with Crippen molar-refractivity contribution >= 4 is 5.97 Å². The molecule has 2 heteroatoms. The van der Waals surface area contributed by atoms with E-state index in [-0.39, 0.29) is 5.97 Å². The van der Waals surface area contributed by atoms with Gasteiger partial charge in [0.2, 0.25) is 0 Å². The first-order chi connectivity index (χ1) is 13.5. The van der Waals surface area contributed by atoms with E-state index in [0.717, 1.165) is 12.8 Å². The summed E-state index contributed by atoms with van der Waals surface area (Å²) in [6, 6.07) is 0. The first kappa shape index (κ1) is 29.2. The van der Waals surface area contributed by atoms with Gasteiger partial charge in [0, 0.05) is 5.57 Å². The molecule has 0 aliphatic heterocycles. The van der Waals surface area contributed by atoms with Crippen molar-refractivity contribution in [2.75, 3.05) is 7.11 Å². The van der Waals surface area contributed by atoms with Crippen molar-refractivity contribution in [2.24, 2.45) is 0 Å². The van der Waals surface area contributed by atoms with Crippen LogP contribution in [-0.4, -0.2) is 13.1 Å². The number of hydrogen-bond donors (Lipinski definition) is 0. The first-order valence-corrected chi connectivity index (χ1v) is 11.8. The number of methoxy groups -OCH3 is 1. The van der Waals surface area contributed by atoms with E-state index in [1.165, 1.54) is 109 Å². The number of ether oxygens (including phenoxy) is 1. The maximum atomic E-state index is 11.2. The molecule has 0 aliphatic rings. The summed E-state index contributed by atoms with van der Waals surface area (Å²) in [5, 5.41) is 0. The molecule has 0 aliphatic carbocycles. The van der Waals surface area contributed by atoms with Gasteiger partial charge in [0.05, 0.1) is 7.11 Å². The third-order valence-corrected chi connectivity index (χ3v) is 4.81. The van der Waals surface area contributed by atoms with Crippen LogP contribution >= 0.6 is 0 Å². The summed E-state index contributed by atoms with van der Waals surface area (Å²) in [4.78, 5) is 11.2. The van der Waals surface area contributed by atoms with E-state index in [0.29, 0.717) is 5.57 Å². The molecule has 0 aromatic rings. The Balaban J connectivity index is 0. The molecule has 0 aromatic carbocycles. The molecule has 0 bridgehead atoms. The Morgan fingerprint density at radius 3 is 1.21 bits per heavy atom. The normalized spacial score (nSPS) is 10.1. The summed E-state index contributed by atoms with van der Waals surface area (Å²) in [6.45, 7) is 13.5. The van der Waals surface area contributed by atoms with E-state index in [1.807, 2.05) is 13.8 Å². The molecule has 0 atom stereocenters. The average Bonchev–Trinajstić information content (AvgIpc) is 2.66. The van der Waals surface area contributed by atoms with Crippen LogP contribution in [0.4, 0.5) is 0 Å². The number of unbranched alkanes of at least 4 members (excludes halogenated alkanes) is 15. The predicted octanol–water partition coefficient (Wildman–Crippen LogP) is 8.95. The Morgan fingerprint density at radius 2 is 0.929 bits per heavy atom. The number of carbonyl (C=O) groups excluding carboxylic acids is 1. The fourth-order valence-electron chi connectivity index (χ4n) is 3.13. The maximum absolute atomic E-state index is 11.2. The zero-order valence-electron chi connectivity index (χ0n) is 19.8. The molecule has 28 heavy (non-hydrogen) atoms. The average molecular weight is 395 g/mol. The highest BCUT2D eigenvalue weighted by Gasteiger charge is 2.05. The van der Waals surface area contributed by atoms with Crippen LogP contribution in [0.2, 0.25) is 0 Å². The van der Waals surface area contributed by atoms with Gasteiger partial charge in [-0.1, -0.05) is 115 Å². The van der Waals surface area contributed by atoms with Crippen LogP contribution < -0.4 is 0 Å². The van der Waals surface area contributed by atoms with Gasteiger partial charge in [0.1, 0.15) is 0 Å². The van der Waals surface area contributed by atoms with E-state index in [9.17, 15) is 4.79 Å². The van der Waals surface area contributed by atoms with Crippen molar-refractivity contribution < 1.29 is 9.53 Å². The van der Waals surface area contributed by atoms with Crippen LogP contribution in [0.25, 0.3) is 0 Å². The van der Waals surface area contributed by atoms with Gasteiger partial charge in [0.25, 0.3) is 0 Å². The van der Waals surface area contributed by atoms with Crippen LogP contribution in [0, 0.1) is 0 Å². The number of rotatable bonds is 18. The molecule has 166 valence electrons. The van der Waals surface area contributed by atoms with Gasteiger partial charge in [0.15, 0.2) is 0 Å². The number of esters is 1. The molecule has 0 fully saturated rings. The lowest BCUT2D eigenvalue weighted by molar-refractivity contribution is -0.136. The van der Waals surface area contributed by atoms with Crippen molar-refractivity contribution in [3.8, 4) is 0 Å². The van der Waals surface area contributed by atoms with Crippen molar-refractivity contribution in [3.63, 3.8) is 0 Å². The van der Waals surface area contributed by atoms with E-state index in [4.69, 9.17) is 0 Å². The standard InChI is InChI=1S/C22H42O2.C4H8/c1-4-5-6-7-8-9-10-11-12-13-14-15-16-17-18-19-20-21(2)22(23)24-3;1-4(2)3/h2,4-20H2,1,3H3;1H2,2-3H3. The number of allylic oxidation sites excluding steroid dienone is 1. The molecular weight excluding hydrogens is 344 g/mol. The highest BCUT2D eigenvalue weighted by Crippen LogP contribution is 2.15. The zero-order chi connectivity index (χ0) is 21.5. The van der Waals surface area contributed by atoms with Crippen LogP contribution in [0.15, 0.2) is 24.3 Å². The molecule has 0 spiro atoms. The van der Waals surface area contributed by atoms with Crippen LogP contribution in [0.3, 0.4) is 0 Å². The van der Waals surface area contributed by atoms with Gasteiger partial charge in [-0.2, -0.15) is 0 Å². The van der Waals surface area contributed by atoms with Gasteiger partial charge in [-0.3, -0.25) is 0 Å². The summed E-state index contributed by atoms with van der Waals surface area (Å²) in [7, 11) is 1.42. The SMILES string of the molecule is C=C(C)C.C=C(CCCCCCCCCCCCCCCCCC)C(=O)OC. The molecule has 0 saturated carbocycles.